The van der Waals surface area contributed by atoms with Crippen molar-refractivity contribution in [2.45, 2.75) is 98.5 Å². The van der Waals surface area contributed by atoms with Gasteiger partial charge in [0.05, 0.1) is 22.5 Å². The molecule has 0 spiro atoms. The topological polar surface area (TPSA) is 162 Å². The summed E-state index contributed by atoms with van der Waals surface area (Å²) in [6.07, 6.45) is 6.93. The van der Waals surface area contributed by atoms with Gasteiger partial charge in [0.1, 0.15) is 4.90 Å². The highest BCUT2D eigenvalue weighted by Crippen LogP contribution is 2.56. The molecule has 51 heavy (non-hydrogen) atoms. The quantitative estimate of drug-likeness (QED) is 0.137. The van der Waals surface area contributed by atoms with E-state index in [4.69, 9.17) is 4.74 Å². The molecule has 3 aromatic carbocycles. The number of rotatable bonds is 8. The summed E-state index contributed by atoms with van der Waals surface area (Å²) in [5.41, 5.74) is 7.25. The number of aliphatic carboxylic acids is 1. The van der Waals surface area contributed by atoms with Crippen molar-refractivity contribution in [1.82, 2.24) is 0 Å². The molecule has 0 radical (unpaired) electrons. The van der Waals surface area contributed by atoms with Crippen LogP contribution in [-0.4, -0.2) is 72.6 Å². The van der Waals surface area contributed by atoms with Gasteiger partial charge in [0.25, 0.3) is 20.2 Å². The minimum Gasteiger partial charge on any atom is -0.481 e. The first-order chi connectivity index (χ1) is 24.0. The van der Waals surface area contributed by atoms with E-state index in [1.54, 1.807) is 6.07 Å². The molecule has 0 bridgehead atoms. The number of allylic oxidation sites excluding steroid dienone is 1. The van der Waals surface area contributed by atoms with Crippen LogP contribution in [0.25, 0.3) is 10.8 Å². The molecule has 0 fully saturated rings. The Hall–Kier alpha value is -3.88. The Balaban J connectivity index is 1.29. The number of ether oxygens (including phenoxy) is 1. The Labute approximate surface area is 297 Å². The zero-order valence-corrected chi connectivity index (χ0v) is 30.3. The van der Waals surface area contributed by atoms with Crippen LogP contribution in [0.3, 0.4) is 0 Å². The molecule has 11 nitrogen and oxygen atoms in total. The molecule has 5 aliphatic heterocycles. The molecule has 8 rings (SSSR count). The first-order valence-electron chi connectivity index (χ1n) is 17.4. The highest BCUT2D eigenvalue weighted by molar-refractivity contribution is 7.86. The van der Waals surface area contributed by atoms with Crippen LogP contribution in [0.15, 0.2) is 81.2 Å². The summed E-state index contributed by atoms with van der Waals surface area (Å²) in [5, 5.41) is 9.66. The van der Waals surface area contributed by atoms with Crippen LogP contribution in [0.1, 0.15) is 76.8 Å². The van der Waals surface area contributed by atoms with Crippen molar-refractivity contribution >= 4 is 54.1 Å². The fourth-order valence-electron chi connectivity index (χ4n) is 9.63. The first-order valence-corrected chi connectivity index (χ1v) is 20.3. The Morgan fingerprint density at radius 2 is 1.71 bits per heavy atom. The fourth-order valence-corrected chi connectivity index (χ4v) is 11.0. The van der Waals surface area contributed by atoms with E-state index in [1.807, 2.05) is 19.9 Å². The Morgan fingerprint density at radius 3 is 2.43 bits per heavy atom. The zero-order chi connectivity index (χ0) is 36.2. The number of anilines is 1. The molecule has 3 atom stereocenters. The maximum atomic E-state index is 12.5. The van der Waals surface area contributed by atoms with Crippen molar-refractivity contribution in [2.24, 2.45) is 0 Å². The number of carbonyl (C=O) groups is 1. The smallest absolute Gasteiger partial charge is 0.303 e. The lowest BCUT2D eigenvalue weighted by Crippen LogP contribution is -2.47. The standard InChI is InChI=1S/C38H40N2O9S2/c1-37(2)34-24-19-22(50(43,44)45)20-32(51(46,47)48)23(24)12-13-29(34)40-18-15-30-25(35(37)40)21-26-31(49-30)14-17-39-28-10-7-6-9-27(28)38(3,36(26)39)16-8-4-5-11-33(41)42/h6-7,9-10,12-13,19-21,30-31H,4-5,8,11,14-18H2,1-3H3,(H2-,41,42,43,44,45,46,47,48)/p+1. The number of carboxylic acids is 1. The number of unbranched alkanes of at least 4 members (excludes halogenated alkanes) is 2. The molecule has 3 unspecified atom stereocenters. The van der Waals surface area contributed by atoms with Gasteiger partial charge in [-0.25, -0.2) is 0 Å². The van der Waals surface area contributed by atoms with E-state index < -0.39 is 41.4 Å². The van der Waals surface area contributed by atoms with Crippen molar-refractivity contribution in [1.29, 1.82) is 0 Å². The highest BCUT2D eigenvalue weighted by atomic mass is 32.2. The van der Waals surface area contributed by atoms with Gasteiger partial charge in [0, 0.05) is 64.3 Å². The Morgan fingerprint density at radius 1 is 0.941 bits per heavy atom. The van der Waals surface area contributed by atoms with Gasteiger partial charge in [0.2, 0.25) is 5.69 Å². The third-order valence-electron chi connectivity index (χ3n) is 11.7. The molecule has 0 aromatic heterocycles. The number of nitrogens with zero attached hydrogens (tertiary/aromatic N) is 2. The summed E-state index contributed by atoms with van der Waals surface area (Å²) in [7, 11) is -9.66. The lowest BCUT2D eigenvalue weighted by atomic mass is 9.71. The van der Waals surface area contributed by atoms with Crippen LogP contribution < -0.4 is 4.90 Å². The van der Waals surface area contributed by atoms with Gasteiger partial charge in [-0.1, -0.05) is 31.0 Å². The van der Waals surface area contributed by atoms with Gasteiger partial charge in [-0.3, -0.25) is 13.9 Å². The van der Waals surface area contributed by atoms with E-state index in [2.05, 4.69) is 46.7 Å². The summed E-state index contributed by atoms with van der Waals surface area (Å²) >= 11 is 0. The van der Waals surface area contributed by atoms with Crippen molar-refractivity contribution in [2.75, 3.05) is 18.0 Å². The average molecular weight is 734 g/mol. The largest absolute Gasteiger partial charge is 0.481 e. The van der Waals surface area contributed by atoms with E-state index >= 15 is 0 Å². The average Bonchev–Trinajstić information content (AvgIpc) is 3.47. The van der Waals surface area contributed by atoms with Crippen LogP contribution in [-0.2, 0) is 40.6 Å². The van der Waals surface area contributed by atoms with Gasteiger partial charge in [0.15, 0.2) is 12.3 Å². The van der Waals surface area contributed by atoms with Crippen LogP contribution in [0.5, 0.6) is 0 Å². The molecule has 3 aromatic rings. The monoisotopic (exact) mass is 733 g/mol. The summed E-state index contributed by atoms with van der Waals surface area (Å²) < 4.78 is 79.1. The molecule has 5 aliphatic rings. The maximum Gasteiger partial charge on any atom is 0.303 e. The molecule has 3 N–H and O–H groups in total. The van der Waals surface area contributed by atoms with Gasteiger partial charge < -0.3 is 14.7 Å². The SMILES string of the molecule is CC1(C)C2=[N+](CCC3OC4CCN5C(=C4C=C23)C(C)(CCCCCC(=O)O)c2ccccc25)c2ccc3c(S(=O)(=O)O)cc(S(=O)(=O)O)cc3c21. The number of fused-ring (bicyclic) bond motifs is 10. The normalized spacial score (nSPS) is 24.8. The van der Waals surface area contributed by atoms with Crippen molar-refractivity contribution < 1.29 is 45.2 Å². The first kappa shape index (κ1) is 34.2. The predicted octanol–water partition coefficient (Wildman–Crippen LogP) is 6.28. The summed E-state index contributed by atoms with van der Waals surface area (Å²) in [5.74, 6) is -0.777. The minimum absolute atomic E-state index is 0.0971. The second kappa shape index (κ2) is 11.6. The Kier molecular flexibility index (Phi) is 7.76. The maximum absolute atomic E-state index is 12.5. The molecule has 0 amide bonds. The molecular formula is C38H41N2O9S2+. The van der Waals surface area contributed by atoms with Gasteiger partial charge in [-0.2, -0.15) is 21.4 Å². The molecular weight excluding hydrogens is 693 g/mol. The van der Waals surface area contributed by atoms with E-state index in [0.29, 0.717) is 30.3 Å². The summed E-state index contributed by atoms with van der Waals surface area (Å²) in [4.78, 5) is 12.4. The summed E-state index contributed by atoms with van der Waals surface area (Å²) in [6, 6.07) is 14.0. The predicted molar refractivity (Wildman–Crippen MR) is 191 cm³/mol. The van der Waals surface area contributed by atoms with Gasteiger partial charge in [-0.05, 0) is 81.3 Å². The second-order valence-corrected chi connectivity index (χ2v) is 17.9. The lowest BCUT2D eigenvalue weighted by molar-refractivity contribution is -0.445. The molecule has 268 valence electrons. The van der Waals surface area contributed by atoms with Crippen molar-refractivity contribution in [3.05, 3.63) is 82.6 Å². The molecule has 5 heterocycles. The van der Waals surface area contributed by atoms with E-state index in [1.165, 1.54) is 23.0 Å². The van der Waals surface area contributed by atoms with Crippen molar-refractivity contribution in [3.63, 3.8) is 0 Å². The molecule has 13 heteroatoms. The van der Waals surface area contributed by atoms with Crippen LogP contribution in [0.2, 0.25) is 0 Å². The number of hydrogen-bond donors (Lipinski definition) is 3. The van der Waals surface area contributed by atoms with E-state index in [-0.39, 0.29) is 29.4 Å². The molecule has 0 aliphatic carbocycles. The van der Waals surface area contributed by atoms with Crippen LogP contribution in [0, 0.1) is 0 Å². The second-order valence-electron chi connectivity index (χ2n) is 15.1. The van der Waals surface area contributed by atoms with Crippen molar-refractivity contribution in [3.8, 4) is 0 Å². The zero-order valence-electron chi connectivity index (χ0n) is 28.7. The highest BCUT2D eigenvalue weighted by Gasteiger charge is 2.55. The summed E-state index contributed by atoms with van der Waals surface area (Å²) in [6.45, 7) is 7.80. The third kappa shape index (κ3) is 5.22. The van der Waals surface area contributed by atoms with Gasteiger partial charge in [-0.15, -0.1) is 0 Å². The molecule has 0 saturated carbocycles. The lowest BCUT2D eigenvalue weighted by Gasteiger charge is -2.43. The van der Waals surface area contributed by atoms with Gasteiger partial charge >= 0.3 is 5.97 Å². The number of hydrogen-bond acceptors (Lipinski definition) is 7. The Bertz CT molecular complexity index is 2380. The minimum atomic E-state index is -4.85. The number of benzene rings is 3. The number of carboxylic acid groups (broad SMARTS) is 1. The molecule has 0 saturated heterocycles. The van der Waals surface area contributed by atoms with E-state index in [0.717, 1.165) is 60.8 Å². The fraction of sp³-hybridized carbons (Fsp3) is 0.421. The van der Waals surface area contributed by atoms with Crippen LogP contribution in [0.4, 0.5) is 11.4 Å². The van der Waals surface area contributed by atoms with E-state index in [9.17, 15) is 35.8 Å². The third-order valence-corrected chi connectivity index (χ3v) is 13.4. The van der Waals surface area contributed by atoms with Crippen LogP contribution >= 0.6 is 0 Å². The number of para-hydroxylation sites is 1.